The molecule has 0 spiro atoms. The van der Waals surface area contributed by atoms with Crippen molar-refractivity contribution in [1.29, 1.82) is 0 Å². The fourth-order valence-electron chi connectivity index (χ4n) is 2.06. The van der Waals surface area contributed by atoms with Crippen LogP contribution in [0.3, 0.4) is 0 Å². The second-order valence-electron chi connectivity index (χ2n) is 3.96. The number of aryl methyl sites for hydroxylation is 1. The molecule has 1 saturated heterocycles. The van der Waals surface area contributed by atoms with Crippen LogP contribution >= 0.6 is 23.2 Å². The molecule has 2 rings (SSSR count). The highest BCUT2D eigenvalue weighted by molar-refractivity contribution is 6.39. The lowest BCUT2D eigenvalue weighted by Crippen LogP contribution is -2.18. The van der Waals surface area contributed by atoms with E-state index >= 15 is 0 Å². The van der Waals surface area contributed by atoms with E-state index < -0.39 is 0 Å². The molecule has 0 radical (unpaired) electrons. The first-order valence-electron chi connectivity index (χ1n) is 5.45. The maximum atomic E-state index is 6.27. The van der Waals surface area contributed by atoms with Crippen molar-refractivity contribution in [3.63, 3.8) is 0 Å². The SMILES string of the molecule is CCc1cc(Cl)c(N2CCCC2)c(Cl)c1. The van der Waals surface area contributed by atoms with Crippen LogP contribution in [0.2, 0.25) is 10.0 Å². The van der Waals surface area contributed by atoms with Crippen LogP contribution < -0.4 is 4.90 Å². The Morgan fingerprint density at radius 1 is 1.13 bits per heavy atom. The molecule has 0 atom stereocenters. The molecule has 1 aromatic rings. The van der Waals surface area contributed by atoms with Gasteiger partial charge in [0, 0.05) is 13.1 Å². The lowest BCUT2D eigenvalue weighted by molar-refractivity contribution is 0.949. The Morgan fingerprint density at radius 2 is 1.67 bits per heavy atom. The van der Waals surface area contributed by atoms with Crippen LogP contribution in [0, 0.1) is 0 Å². The summed E-state index contributed by atoms with van der Waals surface area (Å²) in [5, 5.41) is 1.59. The lowest BCUT2D eigenvalue weighted by Gasteiger charge is -2.21. The van der Waals surface area contributed by atoms with Crippen LogP contribution in [-0.4, -0.2) is 13.1 Å². The first-order valence-corrected chi connectivity index (χ1v) is 6.21. The van der Waals surface area contributed by atoms with Crippen molar-refractivity contribution in [2.45, 2.75) is 26.2 Å². The molecule has 1 nitrogen and oxygen atoms in total. The Bertz CT molecular complexity index is 334. The molecule has 1 aliphatic heterocycles. The summed E-state index contributed by atoms with van der Waals surface area (Å²) in [7, 11) is 0. The zero-order valence-electron chi connectivity index (χ0n) is 8.89. The average molecular weight is 244 g/mol. The van der Waals surface area contributed by atoms with E-state index in [1.807, 2.05) is 12.1 Å². The zero-order valence-corrected chi connectivity index (χ0v) is 10.4. The van der Waals surface area contributed by atoms with Gasteiger partial charge < -0.3 is 4.90 Å². The Hall–Kier alpha value is -0.400. The molecular weight excluding hydrogens is 229 g/mol. The van der Waals surface area contributed by atoms with Gasteiger partial charge in [0.2, 0.25) is 0 Å². The maximum Gasteiger partial charge on any atom is 0.0745 e. The van der Waals surface area contributed by atoms with E-state index in [1.165, 1.54) is 18.4 Å². The molecule has 0 N–H and O–H groups in total. The first-order chi connectivity index (χ1) is 7.22. The average Bonchev–Trinajstić information content (AvgIpc) is 2.69. The van der Waals surface area contributed by atoms with Crippen molar-refractivity contribution in [2.24, 2.45) is 0 Å². The number of halogens is 2. The van der Waals surface area contributed by atoms with Gasteiger partial charge in [-0.15, -0.1) is 0 Å². The van der Waals surface area contributed by atoms with E-state index in [-0.39, 0.29) is 0 Å². The van der Waals surface area contributed by atoms with Crippen molar-refractivity contribution in [1.82, 2.24) is 0 Å². The molecule has 1 aliphatic rings. The summed E-state index contributed by atoms with van der Waals surface area (Å²) in [6, 6.07) is 4.06. The number of nitrogens with zero attached hydrogens (tertiary/aromatic N) is 1. The highest BCUT2D eigenvalue weighted by Gasteiger charge is 2.18. The Labute approximate surface area is 101 Å². The predicted molar refractivity (Wildman–Crippen MR) is 67.3 cm³/mol. The third kappa shape index (κ3) is 2.24. The van der Waals surface area contributed by atoms with Crippen LogP contribution in [0.1, 0.15) is 25.3 Å². The fourth-order valence-corrected chi connectivity index (χ4v) is 2.84. The predicted octanol–water partition coefficient (Wildman–Crippen LogP) is 4.16. The third-order valence-corrected chi connectivity index (χ3v) is 3.48. The van der Waals surface area contributed by atoms with Crippen molar-refractivity contribution >= 4 is 28.9 Å². The quantitative estimate of drug-likeness (QED) is 0.755. The van der Waals surface area contributed by atoms with Gasteiger partial charge in [0.15, 0.2) is 0 Å². The van der Waals surface area contributed by atoms with Gasteiger partial charge in [-0.25, -0.2) is 0 Å². The molecule has 3 heteroatoms. The summed E-state index contributed by atoms with van der Waals surface area (Å²) in [6.07, 6.45) is 3.45. The van der Waals surface area contributed by atoms with Gasteiger partial charge in [-0.05, 0) is 37.0 Å². The smallest absolute Gasteiger partial charge is 0.0745 e. The highest BCUT2D eigenvalue weighted by Crippen LogP contribution is 2.36. The van der Waals surface area contributed by atoms with Crippen LogP contribution in [0.15, 0.2) is 12.1 Å². The largest absolute Gasteiger partial charge is 0.369 e. The highest BCUT2D eigenvalue weighted by atomic mass is 35.5. The van der Waals surface area contributed by atoms with Gasteiger partial charge in [-0.1, -0.05) is 30.1 Å². The molecule has 0 saturated carbocycles. The zero-order chi connectivity index (χ0) is 10.8. The number of hydrogen-bond acceptors (Lipinski definition) is 1. The molecule has 0 bridgehead atoms. The van der Waals surface area contributed by atoms with Crippen molar-refractivity contribution < 1.29 is 0 Å². The number of hydrogen-bond donors (Lipinski definition) is 0. The molecule has 15 heavy (non-hydrogen) atoms. The molecule has 1 fully saturated rings. The maximum absolute atomic E-state index is 6.27. The van der Waals surface area contributed by atoms with Crippen LogP contribution in [0.25, 0.3) is 0 Å². The minimum absolute atomic E-state index is 0.793. The van der Waals surface area contributed by atoms with Crippen LogP contribution in [-0.2, 0) is 6.42 Å². The molecule has 1 aromatic carbocycles. The second kappa shape index (κ2) is 4.63. The lowest BCUT2D eigenvalue weighted by atomic mass is 10.1. The van der Waals surface area contributed by atoms with Crippen molar-refractivity contribution in [3.8, 4) is 0 Å². The summed E-state index contributed by atoms with van der Waals surface area (Å²) in [5.41, 5.74) is 2.22. The van der Waals surface area contributed by atoms with Gasteiger partial charge in [-0.3, -0.25) is 0 Å². The second-order valence-corrected chi connectivity index (χ2v) is 4.77. The minimum Gasteiger partial charge on any atom is -0.369 e. The standard InChI is InChI=1S/C12H15Cl2N/c1-2-9-7-10(13)12(11(14)8-9)15-5-3-4-6-15/h7-8H,2-6H2,1H3. The summed E-state index contributed by atoms with van der Waals surface area (Å²) < 4.78 is 0. The van der Waals surface area contributed by atoms with Crippen LogP contribution in [0.5, 0.6) is 0 Å². The van der Waals surface area contributed by atoms with E-state index in [4.69, 9.17) is 23.2 Å². The molecule has 0 aromatic heterocycles. The topological polar surface area (TPSA) is 3.24 Å². The van der Waals surface area contributed by atoms with E-state index in [0.717, 1.165) is 35.2 Å². The van der Waals surface area contributed by atoms with Crippen molar-refractivity contribution in [2.75, 3.05) is 18.0 Å². The minimum atomic E-state index is 0.793. The summed E-state index contributed by atoms with van der Waals surface area (Å²) in [4.78, 5) is 2.28. The van der Waals surface area contributed by atoms with Crippen LogP contribution in [0.4, 0.5) is 5.69 Å². The summed E-state index contributed by atoms with van der Waals surface area (Å²) in [6.45, 7) is 4.26. The number of anilines is 1. The molecular formula is C12H15Cl2N. The molecule has 82 valence electrons. The number of rotatable bonds is 2. The normalized spacial score (nSPS) is 16.1. The molecule has 1 heterocycles. The molecule has 0 amide bonds. The van der Waals surface area contributed by atoms with Gasteiger partial charge in [0.25, 0.3) is 0 Å². The Balaban J connectivity index is 2.37. The van der Waals surface area contributed by atoms with E-state index in [2.05, 4.69) is 11.8 Å². The van der Waals surface area contributed by atoms with E-state index in [1.54, 1.807) is 0 Å². The molecule has 0 aliphatic carbocycles. The van der Waals surface area contributed by atoms with Crippen molar-refractivity contribution in [3.05, 3.63) is 27.7 Å². The van der Waals surface area contributed by atoms with E-state index in [0.29, 0.717) is 0 Å². The summed E-state index contributed by atoms with van der Waals surface area (Å²) >= 11 is 12.5. The van der Waals surface area contributed by atoms with E-state index in [9.17, 15) is 0 Å². The summed E-state index contributed by atoms with van der Waals surface area (Å²) in [5.74, 6) is 0. The third-order valence-electron chi connectivity index (χ3n) is 2.91. The van der Waals surface area contributed by atoms with Gasteiger partial charge in [-0.2, -0.15) is 0 Å². The Morgan fingerprint density at radius 3 is 2.13 bits per heavy atom. The molecule has 0 unspecified atom stereocenters. The first kappa shape index (κ1) is 11.1. The monoisotopic (exact) mass is 243 g/mol. The number of benzene rings is 1. The van der Waals surface area contributed by atoms with Gasteiger partial charge >= 0.3 is 0 Å². The Kier molecular flexibility index (Phi) is 3.42. The fraction of sp³-hybridized carbons (Fsp3) is 0.500. The van der Waals surface area contributed by atoms with Gasteiger partial charge in [0.1, 0.15) is 0 Å². The van der Waals surface area contributed by atoms with Gasteiger partial charge in [0.05, 0.1) is 15.7 Å².